The smallest absolute Gasteiger partial charge is 0.257 e. The average molecular weight is 354 g/mol. The molecule has 1 aliphatic heterocycles. The maximum atomic E-state index is 12.9. The van der Waals surface area contributed by atoms with Gasteiger partial charge in [-0.25, -0.2) is 4.98 Å². The molecule has 24 heavy (non-hydrogen) atoms. The number of rotatable bonds is 3. The Morgan fingerprint density at radius 2 is 2.21 bits per heavy atom. The third-order valence-corrected chi connectivity index (χ3v) is 6.66. The van der Waals surface area contributed by atoms with Crippen LogP contribution in [0.15, 0.2) is 47.3 Å². The Morgan fingerprint density at radius 1 is 1.29 bits per heavy atom. The lowest BCUT2D eigenvalue weighted by molar-refractivity contribution is -0.111. The third-order valence-electron chi connectivity index (χ3n) is 4.96. The van der Waals surface area contributed by atoms with Crippen molar-refractivity contribution in [2.45, 2.75) is 17.9 Å². The fraction of sp³-hybridized carbons (Fsp3) is 0.222. The third kappa shape index (κ3) is 1.72. The number of carbonyl (C=O) groups is 1. The summed E-state index contributed by atoms with van der Waals surface area (Å²) < 4.78 is 5.41. The zero-order valence-electron chi connectivity index (χ0n) is 12.9. The highest BCUT2D eigenvalue weighted by atomic mass is 32.1. The topological polar surface area (TPSA) is 42.2 Å². The van der Waals surface area contributed by atoms with E-state index in [1.165, 1.54) is 27.3 Å². The summed E-state index contributed by atoms with van der Waals surface area (Å²) in [7, 11) is 1.68. The van der Waals surface area contributed by atoms with Gasteiger partial charge in [-0.15, -0.1) is 22.7 Å². The summed E-state index contributed by atoms with van der Waals surface area (Å²) in [5, 5.41) is 4.78. The molecular weight excluding hydrogens is 340 g/mol. The molecule has 3 aromatic rings. The van der Waals surface area contributed by atoms with Crippen molar-refractivity contribution in [2.24, 2.45) is 0 Å². The number of aromatic nitrogens is 1. The van der Waals surface area contributed by atoms with Gasteiger partial charge in [-0.05, 0) is 34.7 Å². The molecule has 4 nitrogen and oxygen atoms in total. The van der Waals surface area contributed by atoms with Crippen molar-refractivity contribution in [1.29, 1.82) is 0 Å². The Morgan fingerprint density at radius 3 is 2.92 bits per heavy atom. The number of methoxy groups -OCH3 is 1. The summed E-state index contributed by atoms with van der Waals surface area (Å²) in [5.41, 5.74) is 1.91. The second kappa shape index (κ2) is 4.91. The number of ether oxygens (including phenoxy) is 1. The number of amides is 1. The van der Waals surface area contributed by atoms with Crippen molar-refractivity contribution in [3.05, 3.63) is 63.3 Å². The van der Waals surface area contributed by atoms with E-state index in [0.717, 1.165) is 17.3 Å². The van der Waals surface area contributed by atoms with Gasteiger partial charge in [0, 0.05) is 22.9 Å². The van der Waals surface area contributed by atoms with E-state index in [1.807, 2.05) is 22.4 Å². The van der Waals surface area contributed by atoms with E-state index in [4.69, 9.17) is 4.74 Å². The molecule has 120 valence electrons. The minimum Gasteiger partial charge on any atom is -0.497 e. The second-order valence-electron chi connectivity index (χ2n) is 6.07. The first-order valence-electron chi connectivity index (χ1n) is 7.70. The van der Waals surface area contributed by atoms with Crippen LogP contribution in [-0.4, -0.2) is 23.5 Å². The van der Waals surface area contributed by atoms with Gasteiger partial charge in [0.1, 0.15) is 11.3 Å². The molecule has 1 spiro atoms. The molecular formula is C18H14N2O2S2. The summed E-state index contributed by atoms with van der Waals surface area (Å²) in [6, 6.07) is 10.3. The van der Waals surface area contributed by atoms with Crippen LogP contribution < -0.4 is 9.64 Å². The largest absolute Gasteiger partial charge is 0.497 e. The minimum atomic E-state index is -0.516. The number of nitrogens with zero attached hydrogens (tertiary/aromatic N) is 2. The minimum absolute atomic E-state index is 0.0407. The Labute approximate surface area is 147 Å². The van der Waals surface area contributed by atoms with E-state index < -0.39 is 5.54 Å². The maximum absolute atomic E-state index is 12.9. The number of hydrogen-bond acceptors (Lipinski definition) is 5. The van der Waals surface area contributed by atoms with Gasteiger partial charge in [-0.1, -0.05) is 12.1 Å². The Balaban J connectivity index is 1.68. The molecule has 3 heterocycles. The number of thiophene rings is 1. The number of hydrogen-bond donors (Lipinski definition) is 0. The van der Waals surface area contributed by atoms with Crippen LogP contribution in [0.4, 0.5) is 5.13 Å². The summed E-state index contributed by atoms with van der Waals surface area (Å²) in [6.45, 7) is 0. The van der Waals surface area contributed by atoms with Gasteiger partial charge in [0.2, 0.25) is 0 Å². The predicted octanol–water partition coefficient (Wildman–Crippen LogP) is 3.69. The molecule has 0 saturated carbocycles. The highest BCUT2D eigenvalue weighted by Crippen LogP contribution is 2.59. The number of benzene rings is 1. The quantitative estimate of drug-likeness (QED) is 0.674. The van der Waals surface area contributed by atoms with E-state index in [-0.39, 0.29) is 11.8 Å². The van der Waals surface area contributed by atoms with Gasteiger partial charge < -0.3 is 4.74 Å². The molecule has 1 fully saturated rings. The van der Waals surface area contributed by atoms with Crippen LogP contribution in [0, 0.1) is 0 Å². The van der Waals surface area contributed by atoms with Gasteiger partial charge in [-0.3, -0.25) is 9.69 Å². The summed E-state index contributed by atoms with van der Waals surface area (Å²) >= 11 is 3.22. The zero-order chi connectivity index (χ0) is 16.3. The lowest BCUT2D eigenvalue weighted by Gasteiger charge is -2.17. The SMILES string of the molecule is COc1ccc2c(c1)[C@H](c1cccs1)[C@@]1(C2)C(=O)N1c1nccs1. The van der Waals surface area contributed by atoms with Crippen molar-refractivity contribution in [1.82, 2.24) is 4.98 Å². The predicted molar refractivity (Wildman–Crippen MR) is 95.2 cm³/mol. The average Bonchev–Trinajstić information content (AvgIpc) is 3.15. The van der Waals surface area contributed by atoms with E-state index in [9.17, 15) is 4.79 Å². The summed E-state index contributed by atoms with van der Waals surface area (Å²) in [5.74, 6) is 1.05. The van der Waals surface area contributed by atoms with Crippen LogP contribution in [0.5, 0.6) is 5.75 Å². The number of fused-ring (bicyclic) bond motifs is 1. The molecule has 2 aliphatic rings. The Kier molecular flexibility index (Phi) is 2.90. The molecule has 2 atom stereocenters. The number of anilines is 1. The van der Waals surface area contributed by atoms with Gasteiger partial charge in [0.25, 0.3) is 5.91 Å². The summed E-state index contributed by atoms with van der Waals surface area (Å²) in [6.07, 6.45) is 2.48. The molecule has 0 radical (unpaired) electrons. The van der Waals surface area contributed by atoms with Crippen LogP contribution in [0.3, 0.4) is 0 Å². The number of carbonyl (C=O) groups excluding carboxylic acids is 1. The molecule has 0 bridgehead atoms. The molecule has 0 unspecified atom stereocenters. The first kappa shape index (κ1) is 14.2. The van der Waals surface area contributed by atoms with Crippen LogP contribution in [0.2, 0.25) is 0 Å². The van der Waals surface area contributed by atoms with Gasteiger partial charge in [0.05, 0.1) is 13.0 Å². The number of thiazole rings is 1. The van der Waals surface area contributed by atoms with Crippen molar-refractivity contribution >= 4 is 33.7 Å². The molecule has 1 aromatic carbocycles. The van der Waals surface area contributed by atoms with Crippen LogP contribution in [0.1, 0.15) is 21.9 Å². The molecule has 0 N–H and O–H groups in total. The maximum Gasteiger partial charge on any atom is 0.257 e. The fourth-order valence-corrected chi connectivity index (χ4v) is 5.53. The van der Waals surface area contributed by atoms with Crippen molar-refractivity contribution in [3.63, 3.8) is 0 Å². The van der Waals surface area contributed by atoms with Crippen LogP contribution in [0.25, 0.3) is 0 Å². The van der Waals surface area contributed by atoms with E-state index >= 15 is 0 Å². The normalized spacial score (nSPS) is 24.5. The van der Waals surface area contributed by atoms with E-state index in [1.54, 1.807) is 24.6 Å². The summed E-state index contributed by atoms with van der Waals surface area (Å²) in [4.78, 5) is 20.4. The molecule has 6 heteroatoms. The standard InChI is InChI=1S/C18H14N2O2S2/c1-22-12-5-4-11-10-18(16(21)20(18)17-19-6-8-24-17)15(13(11)9-12)14-3-2-7-23-14/h2-9,15H,10H2,1H3/t15-,18+,20?/m1/s1. The van der Waals surface area contributed by atoms with Crippen LogP contribution in [-0.2, 0) is 11.2 Å². The monoisotopic (exact) mass is 354 g/mol. The molecule has 5 rings (SSSR count). The molecule has 1 saturated heterocycles. The van der Waals surface area contributed by atoms with Gasteiger partial charge >= 0.3 is 0 Å². The first-order valence-corrected chi connectivity index (χ1v) is 9.46. The lowest BCUT2D eigenvalue weighted by atomic mass is 9.90. The molecule has 1 aliphatic carbocycles. The van der Waals surface area contributed by atoms with Crippen LogP contribution >= 0.6 is 22.7 Å². The van der Waals surface area contributed by atoms with Gasteiger partial charge in [0.15, 0.2) is 5.13 Å². The van der Waals surface area contributed by atoms with E-state index in [2.05, 4.69) is 28.6 Å². The van der Waals surface area contributed by atoms with Gasteiger partial charge in [-0.2, -0.15) is 0 Å². The second-order valence-corrected chi connectivity index (χ2v) is 7.92. The van der Waals surface area contributed by atoms with Crippen molar-refractivity contribution in [2.75, 3.05) is 12.0 Å². The lowest BCUT2D eigenvalue weighted by Crippen LogP contribution is -2.25. The Hall–Kier alpha value is -2.18. The highest BCUT2D eigenvalue weighted by Gasteiger charge is 2.72. The highest BCUT2D eigenvalue weighted by molar-refractivity contribution is 7.14. The Bertz CT molecular complexity index is 921. The van der Waals surface area contributed by atoms with Crippen molar-refractivity contribution < 1.29 is 9.53 Å². The molecule has 2 aromatic heterocycles. The molecule has 1 amide bonds. The zero-order valence-corrected chi connectivity index (χ0v) is 14.6. The first-order chi connectivity index (χ1) is 11.8. The fourth-order valence-electron chi connectivity index (χ4n) is 3.89. The van der Waals surface area contributed by atoms with E-state index in [0.29, 0.717) is 0 Å². The van der Waals surface area contributed by atoms with Crippen molar-refractivity contribution in [3.8, 4) is 5.75 Å².